The van der Waals surface area contributed by atoms with Crippen LogP contribution in [0.25, 0.3) is 10.6 Å². The lowest BCUT2D eigenvalue weighted by molar-refractivity contribution is -0.112. The van der Waals surface area contributed by atoms with Gasteiger partial charge in [-0.25, -0.2) is 4.98 Å². The van der Waals surface area contributed by atoms with Gasteiger partial charge in [-0.3, -0.25) is 13.8 Å². The number of aromatic nitrogens is 1. The van der Waals surface area contributed by atoms with Crippen LogP contribution in [0.1, 0.15) is 34.5 Å². The number of carbonyl (C=O) groups is 2. The maximum absolute atomic E-state index is 12.9. The van der Waals surface area contributed by atoms with E-state index in [9.17, 15) is 13.8 Å². The van der Waals surface area contributed by atoms with Gasteiger partial charge in [0.15, 0.2) is 0 Å². The molecule has 0 saturated heterocycles. The molecule has 190 valence electrons. The van der Waals surface area contributed by atoms with Gasteiger partial charge in [-0.1, -0.05) is 36.0 Å². The molecule has 0 spiro atoms. The molecule has 2 aromatic carbocycles. The Hall–Kier alpha value is -3.05. The SMILES string of the molecule is O=C1Nc2cc(C(=O)NCc3cnc(-c4ccc(S(=O)CCCO)cc4)s3)ccc2SC2=CCCC=C12. The highest BCUT2D eigenvalue weighted by atomic mass is 32.2. The fraction of sp³-hybridized carbons (Fsp3) is 0.222. The van der Waals surface area contributed by atoms with Gasteiger partial charge in [0.05, 0.1) is 23.0 Å². The number of aliphatic hydroxyl groups is 1. The summed E-state index contributed by atoms with van der Waals surface area (Å²) < 4.78 is 12.2. The van der Waals surface area contributed by atoms with Crippen LogP contribution >= 0.6 is 23.1 Å². The van der Waals surface area contributed by atoms with E-state index in [1.807, 2.05) is 36.4 Å². The normalized spacial score (nSPS) is 15.4. The van der Waals surface area contributed by atoms with Crippen molar-refractivity contribution in [1.82, 2.24) is 10.3 Å². The maximum atomic E-state index is 12.9. The van der Waals surface area contributed by atoms with E-state index >= 15 is 0 Å². The van der Waals surface area contributed by atoms with Crippen LogP contribution in [0.2, 0.25) is 0 Å². The number of thioether (sulfide) groups is 1. The van der Waals surface area contributed by atoms with Gasteiger partial charge in [-0.2, -0.15) is 0 Å². The van der Waals surface area contributed by atoms with Gasteiger partial charge in [0, 0.05) is 54.8 Å². The molecule has 1 aromatic heterocycles. The number of benzene rings is 2. The summed E-state index contributed by atoms with van der Waals surface area (Å²) in [5.41, 5.74) is 2.72. The molecule has 1 unspecified atom stereocenters. The third kappa shape index (κ3) is 5.93. The van der Waals surface area contributed by atoms with Gasteiger partial charge in [0.1, 0.15) is 5.01 Å². The molecule has 7 nitrogen and oxygen atoms in total. The average Bonchev–Trinajstić information content (AvgIpc) is 3.35. The largest absolute Gasteiger partial charge is 0.396 e. The Bertz CT molecular complexity index is 1430. The zero-order valence-corrected chi connectivity index (χ0v) is 22.3. The Morgan fingerprint density at radius 1 is 1.14 bits per heavy atom. The van der Waals surface area contributed by atoms with Crippen molar-refractivity contribution in [3.63, 3.8) is 0 Å². The predicted molar refractivity (Wildman–Crippen MR) is 148 cm³/mol. The maximum Gasteiger partial charge on any atom is 0.256 e. The lowest BCUT2D eigenvalue weighted by Gasteiger charge is -2.10. The van der Waals surface area contributed by atoms with Gasteiger partial charge >= 0.3 is 0 Å². The van der Waals surface area contributed by atoms with Crippen molar-refractivity contribution in [3.8, 4) is 10.6 Å². The van der Waals surface area contributed by atoms with Crippen molar-refractivity contribution in [1.29, 1.82) is 0 Å². The fourth-order valence-corrected chi connectivity index (χ4v) is 6.98. The Balaban J connectivity index is 1.22. The molecule has 37 heavy (non-hydrogen) atoms. The molecule has 0 bridgehead atoms. The van der Waals surface area contributed by atoms with E-state index in [-0.39, 0.29) is 18.4 Å². The summed E-state index contributed by atoms with van der Waals surface area (Å²) in [6.07, 6.45) is 8.08. The van der Waals surface area contributed by atoms with Crippen LogP contribution in [-0.4, -0.2) is 38.5 Å². The minimum atomic E-state index is -1.13. The molecule has 2 heterocycles. The van der Waals surface area contributed by atoms with Crippen LogP contribution in [0.4, 0.5) is 5.69 Å². The van der Waals surface area contributed by atoms with Crippen LogP contribution in [0.15, 0.2) is 81.1 Å². The number of fused-ring (bicyclic) bond motifs is 2. The first-order valence-electron chi connectivity index (χ1n) is 11.9. The van der Waals surface area contributed by atoms with Crippen LogP contribution in [0, 0.1) is 0 Å². The number of nitrogens with zero attached hydrogens (tertiary/aromatic N) is 1. The smallest absolute Gasteiger partial charge is 0.256 e. The van der Waals surface area contributed by atoms with Gasteiger partial charge in [-0.15, -0.1) is 11.3 Å². The number of hydrogen-bond acceptors (Lipinski definition) is 7. The number of anilines is 1. The average molecular weight is 552 g/mol. The van der Waals surface area contributed by atoms with E-state index < -0.39 is 10.8 Å². The summed E-state index contributed by atoms with van der Waals surface area (Å²) in [4.78, 5) is 33.5. The number of amides is 2. The monoisotopic (exact) mass is 551 g/mol. The molecule has 0 radical (unpaired) electrons. The molecule has 2 aliphatic rings. The first-order chi connectivity index (χ1) is 18.0. The Kier molecular flexibility index (Phi) is 7.99. The molecule has 3 aromatic rings. The van der Waals surface area contributed by atoms with E-state index in [1.54, 1.807) is 30.1 Å². The molecular weight excluding hydrogens is 527 g/mol. The van der Waals surface area contributed by atoms with Crippen molar-refractivity contribution >= 4 is 51.4 Å². The van der Waals surface area contributed by atoms with Gasteiger partial charge in [0.25, 0.3) is 11.8 Å². The van der Waals surface area contributed by atoms with Gasteiger partial charge in [0.2, 0.25) is 0 Å². The Labute approximate surface area is 225 Å². The minimum absolute atomic E-state index is 0.0290. The fourth-order valence-electron chi connectivity index (χ4n) is 3.97. The minimum Gasteiger partial charge on any atom is -0.396 e. The molecule has 2 amide bonds. The van der Waals surface area contributed by atoms with E-state index in [4.69, 9.17) is 5.11 Å². The van der Waals surface area contributed by atoms with Crippen LogP contribution < -0.4 is 10.6 Å². The summed E-state index contributed by atoms with van der Waals surface area (Å²) >= 11 is 3.03. The predicted octanol–water partition coefficient (Wildman–Crippen LogP) is 4.88. The second-order valence-corrected chi connectivity index (χ2v) is 12.3. The topological polar surface area (TPSA) is 108 Å². The van der Waals surface area contributed by atoms with E-state index in [0.717, 1.165) is 43.0 Å². The summed E-state index contributed by atoms with van der Waals surface area (Å²) in [5, 5.41) is 15.6. The van der Waals surface area contributed by atoms with Crippen molar-refractivity contribution in [2.75, 3.05) is 17.7 Å². The van der Waals surface area contributed by atoms with Crippen molar-refractivity contribution in [2.24, 2.45) is 0 Å². The molecule has 5 rings (SSSR count). The molecule has 1 atom stereocenters. The number of thiazole rings is 1. The molecule has 0 saturated carbocycles. The molecule has 10 heteroatoms. The summed E-state index contributed by atoms with van der Waals surface area (Å²) in [6.45, 7) is 0.360. The van der Waals surface area contributed by atoms with E-state index in [1.165, 1.54) is 11.3 Å². The second kappa shape index (κ2) is 11.6. The van der Waals surface area contributed by atoms with E-state index in [0.29, 0.717) is 35.5 Å². The number of carbonyl (C=O) groups excluding carboxylic acids is 2. The number of hydrogen-bond donors (Lipinski definition) is 3. The lowest BCUT2D eigenvalue weighted by Crippen LogP contribution is -2.22. The highest BCUT2D eigenvalue weighted by molar-refractivity contribution is 8.03. The number of nitrogens with one attached hydrogen (secondary N) is 2. The summed E-state index contributed by atoms with van der Waals surface area (Å²) in [7, 11) is -1.13. The first kappa shape index (κ1) is 25.6. The number of allylic oxidation sites excluding steroid dienone is 2. The molecule has 3 N–H and O–H groups in total. The van der Waals surface area contributed by atoms with Gasteiger partial charge in [-0.05, 0) is 49.6 Å². The van der Waals surface area contributed by atoms with Crippen molar-refractivity contribution < 1.29 is 18.9 Å². The quantitative estimate of drug-likeness (QED) is 0.368. The van der Waals surface area contributed by atoms with Crippen LogP contribution in [-0.2, 0) is 22.1 Å². The zero-order valence-electron chi connectivity index (χ0n) is 19.9. The molecular formula is C27H25N3O4S3. The number of aliphatic hydroxyl groups excluding tert-OH is 1. The Morgan fingerprint density at radius 2 is 1.95 bits per heavy atom. The third-order valence-electron chi connectivity index (χ3n) is 5.89. The lowest BCUT2D eigenvalue weighted by atomic mass is 10.1. The number of rotatable bonds is 8. The summed E-state index contributed by atoms with van der Waals surface area (Å²) in [5.74, 6) is 0.0610. The van der Waals surface area contributed by atoms with Crippen molar-refractivity contribution in [3.05, 3.63) is 81.7 Å². The first-order valence-corrected chi connectivity index (χ1v) is 14.8. The van der Waals surface area contributed by atoms with Crippen LogP contribution in [0.3, 0.4) is 0 Å². The zero-order chi connectivity index (χ0) is 25.8. The van der Waals surface area contributed by atoms with Gasteiger partial charge < -0.3 is 15.7 Å². The van der Waals surface area contributed by atoms with Crippen LogP contribution in [0.5, 0.6) is 0 Å². The second-order valence-electron chi connectivity index (χ2n) is 8.50. The molecule has 1 aliphatic carbocycles. The summed E-state index contributed by atoms with van der Waals surface area (Å²) in [6, 6.07) is 12.8. The standard InChI is InChI=1S/C27H25N3O4S3/c31-12-3-13-37(34)20-9-6-17(7-10-20)27-29-16-19(35-27)15-28-25(32)18-8-11-24-22(14-18)30-26(33)21-4-1-2-5-23(21)36-24/h4-11,14,16,31H,1-3,12-13,15H2,(H,28,32)(H,30,33). The Morgan fingerprint density at radius 3 is 2.76 bits per heavy atom. The molecule has 0 fully saturated rings. The third-order valence-corrected chi connectivity index (χ3v) is 9.58. The van der Waals surface area contributed by atoms with Crippen molar-refractivity contribution in [2.45, 2.75) is 35.6 Å². The highest BCUT2D eigenvalue weighted by Crippen LogP contribution is 2.42. The molecule has 1 aliphatic heterocycles. The highest BCUT2D eigenvalue weighted by Gasteiger charge is 2.24. The van der Waals surface area contributed by atoms with E-state index in [2.05, 4.69) is 21.7 Å².